The minimum absolute atomic E-state index is 0.331. The van der Waals surface area contributed by atoms with Crippen LogP contribution in [0.25, 0.3) is 33.3 Å². The first-order valence-electron chi connectivity index (χ1n) is 8.42. The minimum Gasteiger partial charge on any atom is -0.354 e. The van der Waals surface area contributed by atoms with E-state index in [0.717, 1.165) is 33.3 Å². The fourth-order valence-corrected chi connectivity index (χ4v) is 3.88. The highest BCUT2D eigenvalue weighted by Crippen LogP contribution is 2.38. The number of aromatic amines is 1. The Kier molecular flexibility index (Phi) is 3.93. The number of fused-ring (bicyclic) bond motifs is 1. The second kappa shape index (κ2) is 6.15. The summed E-state index contributed by atoms with van der Waals surface area (Å²) in [5.41, 5.74) is 6.50. The maximum Gasteiger partial charge on any atom is 0.175 e. The van der Waals surface area contributed by atoms with E-state index >= 15 is 0 Å². The third kappa shape index (κ3) is 2.93. The van der Waals surface area contributed by atoms with Crippen LogP contribution in [-0.4, -0.2) is 19.7 Å². The van der Waals surface area contributed by atoms with Crippen LogP contribution < -0.4 is 0 Å². The maximum atomic E-state index is 11.8. The van der Waals surface area contributed by atoms with Gasteiger partial charge in [-0.3, -0.25) is 0 Å². The highest BCUT2D eigenvalue weighted by molar-refractivity contribution is 7.90. The summed E-state index contributed by atoms with van der Waals surface area (Å²) in [7, 11) is -3.21. The van der Waals surface area contributed by atoms with E-state index in [4.69, 9.17) is 0 Å². The normalized spacial score (nSPS) is 11.8. The smallest absolute Gasteiger partial charge is 0.175 e. The number of aryl methyl sites for hydroxylation is 1. The van der Waals surface area contributed by atoms with Crippen molar-refractivity contribution in [1.82, 2.24) is 4.98 Å². The molecule has 3 nitrogen and oxygen atoms in total. The van der Waals surface area contributed by atoms with Gasteiger partial charge in [0.2, 0.25) is 0 Å². The van der Waals surface area contributed by atoms with Crippen molar-refractivity contribution in [3.8, 4) is 22.4 Å². The van der Waals surface area contributed by atoms with Crippen LogP contribution in [0.1, 0.15) is 5.56 Å². The molecule has 0 saturated heterocycles. The lowest BCUT2D eigenvalue weighted by molar-refractivity contribution is 0.602. The van der Waals surface area contributed by atoms with Gasteiger partial charge in [0.15, 0.2) is 9.84 Å². The highest BCUT2D eigenvalue weighted by Gasteiger charge is 2.15. The molecule has 4 rings (SSSR count). The van der Waals surface area contributed by atoms with Gasteiger partial charge in [-0.1, -0.05) is 60.2 Å². The molecule has 0 saturated carbocycles. The summed E-state index contributed by atoms with van der Waals surface area (Å²) in [4.78, 5) is 3.86. The number of aromatic nitrogens is 1. The lowest BCUT2D eigenvalue weighted by Gasteiger charge is -2.07. The van der Waals surface area contributed by atoms with Gasteiger partial charge in [0, 0.05) is 22.7 Å². The Morgan fingerprint density at radius 2 is 1.38 bits per heavy atom. The molecule has 0 aliphatic heterocycles. The van der Waals surface area contributed by atoms with Crippen molar-refractivity contribution in [2.24, 2.45) is 0 Å². The SMILES string of the molecule is Cc1ccc(-c2[nH]c3ccccc3c2-c2ccc(S(C)(=O)=O)cc2)cc1. The Balaban J connectivity index is 1.96. The molecule has 0 radical (unpaired) electrons. The fraction of sp³-hybridized carbons (Fsp3) is 0.0909. The third-order valence-corrected chi connectivity index (χ3v) is 5.75. The van der Waals surface area contributed by atoms with Crippen LogP contribution in [-0.2, 0) is 9.84 Å². The molecule has 1 aromatic heterocycles. The zero-order valence-electron chi connectivity index (χ0n) is 14.7. The van der Waals surface area contributed by atoms with Crippen LogP contribution in [0.3, 0.4) is 0 Å². The standard InChI is InChI=1S/C22H19NO2S/c1-15-7-9-17(10-8-15)22-21(19-5-3-4-6-20(19)23-22)16-11-13-18(14-12-16)26(2,24)25/h3-14,23H,1-2H3. The van der Waals surface area contributed by atoms with Crippen LogP contribution in [0, 0.1) is 6.92 Å². The molecule has 0 aliphatic rings. The van der Waals surface area contributed by atoms with E-state index < -0.39 is 9.84 Å². The summed E-state index contributed by atoms with van der Waals surface area (Å²) < 4.78 is 23.5. The molecule has 0 atom stereocenters. The number of H-pyrrole nitrogens is 1. The molecule has 130 valence electrons. The van der Waals surface area contributed by atoms with E-state index in [2.05, 4.69) is 48.3 Å². The number of benzene rings is 3. The van der Waals surface area contributed by atoms with Crippen molar-refractivity contribution < 1.29 is 8.42 Å². The van der Waals surface area contributed by atoms with Gasteiger partial charge in [-0.15, -0.1) is 0 Å². The molecule has 0 spiro atoms. The number of hydrogen-bond donors (Lipinski definition) is 1. The fourth-order valence-electron chi connectivity index (χ4n) is 3.25. The molecule has 4 heteroatoms. The minimum atomic E-state index is -3.21. The summed E-state index contributed by atoms with van der Waals surface area (Å²) in [5.74, 6) is 0. The van der Waals surface area contributed by atoms with Gasteiger partial charge in [-0.05, 0) is 36.2 Å². The van der Waals surface area contributed by atoms with E-state index in [1.807, 2.05) is 24.3 Å². The van der Waals surface area contributed by atoms with Gasteiger partial charge in [0.05, 0.1) is 10.6 Å². The maximum absolute atomic E-state index is 11.8. The zero-order valence-corrected chi connectivity index (χ0v) is 15.5. The lowest BCUT2D eigenvalue weighted by atomic mass is 9.98. The Morgan fingerprint density at radius 1 is 0.769 bits per heavy atom. The van der Waals surface area contributed by atoms with Gasteiger partial charge >= 0.3 is 0 Å². The quantitative estimate of drug-likeness (QED) is 0.544. The Labute approximate surface area is 153 Å². The molecule has 0 unspecified atom stereocenters. The molecular weight excluding hydrogens is 342 g/mol. The van der Waals surface area contributed by atoms with Crippen LogP contribution in [0.2, 0.25) is 0 Å². The Bertz CT molecular complexity index is 1190. The molecular formula is C22H19NO2S. The summed E-state index contributed by atoms with van der Waals surface area (Å²) in [6.45, 7) is 2.07. The van der Waals surface area contributed by atoms with E-state index in [9.17, 15) is 8.42 Å². The van der Waals surface area contributed by atoms with Crippen molar-refractivity contribution >= 4 is 20.7 Å². The highest BCUT2D eigenvalue weighted by atomic mass is 32.2. The van der Waals surface area contributed by atoms with Crippen molar-refractivity contribution in [3.05, 3.63) is 78.4 Å². The Hall–Kier alpha value is -2.85. The molecule has 0 fully saturated rings. The van der Waals surface area contributed by atoms with Gasteiger partial charge in [0.1, 0.15) is 0 Å². The molecule has 0 aliphatic carbocycles. The predicted molar refractivity (Wildman–Crippen MR) is 107 cm³/mol. The average Bonchev–Trinajstić information content (AvgIpc) is 3.01. The van der Waals surface area contributed by atoms with Crippen LogP contribution >= 0.6 is 0 Å². The van der Waals surface area contributed by atoms with E-state index in [1.54, 1.807) is 12.1 Å². The van der Waals surface area contributed by atoms with Gasteiger partial charge in [0.25, 0.3) is 0 Å². The second-order valence-electron chi connectivity index (χ2n) is 6.58. The molecule has 1 N–H and O–H groups in total. The third-order valence-electron chi connectivity index (χ3n) is 4.62. The average molecular weight is 361 g/mol. The van der Waals surface area contributed by atoms with Gasteiger partial charge < -0.3 is 4.98 Å². The summed E-state index contributed by atoms with van der Waals surface area (Å²) in [6, 6.07) is 23.7. The first kappa shape index (κ1) is 16.6. The number of para-hydroxylation sites is 1. The molecule has 3 aromatic carbocycles. The summed E-state index contributed by atoms with van der Waals surface area (Å²) >= 11 is 0. The predicted octanol–water partition coefficient (Wildman–Crippen LogP) is 5.21. The van der Waals surface area contributed by atoms with Crippen LogP contribution in [0.4, 0.5) is 0 Å². The van der Waals surface area contributed by atoms with Crippen LogP contribution in [0.5, 0.6) is 0 Å². The van der Waals surface area contributed by atoms with Gasteiger partial charge in [-0.25, -0.2) is 8.42 Å². The molecule has 4 aromatic rings. The van der Waals surface area contributed by atoms with Crippen molar-refractivity contribution in [3.63, 3.8) is 0 Å². The van der Waals surface area contributed by atoms with E-state index in [0.29, 0.717) is 4.90 Å². The van der Waals surface area contributed by atoms with E-state index in [1.165, 1.54) is 11.8 Å². The van der Waals surface area contributed by atoms with Crippen molar-refractivity contribution in [1.29, 1.82) is 0 Å². The Morgan fingerprint density at radius 3 is 2.04 bits per heavy atom. The monoisotopic (exact) mass is 361 g/mol. The molecule has 26 heavy (non-hydrogen) atoms. The molecule has 0 amide bonds. The van der Waals surface area contributed by atoms with Crippen LogP contribution in [0.15, 0.2) is 77.7 Å². The summed E-state index contributed by atoms with van der Waals surface area (Å²) in [5, 5.41) is 1.12. The van der Waals surface area contributed by atoms with Gasteiger partial charge in [-0.2, -0.15) is 0 Å². The second-order valence-corrected chi connectivity index (χ2v) is 8.60. The zero-order chi connectivity index (χ0) is 18.3. The van der Waals surface area contributed by atoms with E-state index in [-0.39, 0.29) is 0 Å². The first-order chi connectivity index (χ1) is 12.4. The van der Waals surface area contributed by atoms with Crippen molar-refractivity contribution in [2.75, 3.05) is 6.26 Å². The number of sulfone groups is 1. The first-order valence-corrected chi connectivity index (χ1v) is 10.3. The molecule has 1 heterocycles. The topological polar surface area (TPSA) is 49.9 Å². The lowest BCUT2D eigenvalue weighted by Crippen LogP contribution is -1.96. The summed E-state index contributed by atoms with van der Waals surface area (Å²) in [6.07, 6.45) is 1.23. The van der Waals surface area contributed by atoms with Crippen molar-refractivity contribution in [2.45, 2.75) is 11.8 Å². The largest absolute Gasteiger partial charge is 0.354 e. The number of rotatable bonds is 3. The number of nitrogens with one attached hydrogen (secondary N) is 1. The number of hydrogen-bond acceptors (Lipinski definition) is 2. The molecule has 0 bridgehead atoms.